The first kappa shape index (κ1) is 16.2. The Morgan fingerprint density at radius 3 is 2.71 bits per heavy atom. The van der Waals surface area contributed by atoms with Crippen LogP contribution in [-0.4, -0.2) is 14.9 Å². The van der Waals surface area contributed by atoms with E-state index in [4.69, 9.17) is 12.2 Å². The Morgan fingerprint density at radius 1 is 1.08 bits per heavy atom. The number of nitrogens with zero attached hydrogens (tertiary/aromatic N) is 2. The van der Waals surface area contributed by atoms with Crippen molar-refractivity contribution in [1.29, 1.82) is 0 Å². The van der Waals surface area contributed by atoms with E-state index in [1.807, 2.05) is 41.2 Å². The van der Waals surface area contributed by atoms with Crippen LogP contribution in [0.25, 0.3) is 0 Å². The van der Waals surface area contributed by atoms with Crippen LogP contribution in [0.4, 0.5) is 11.4 Å². The summed E-state index contributed by atoms with van der Waals surface area (Å²) in [6.07, 6.45) is 3.73. The number of aromatic nitrogens is 2. The summed E-state index contributed by atoms with van der Waals surface area (Å²) in [6.45, 7) is 4.92. The van der Waals surface area contributed by atoms with E-state index >= 15 is 0 Å². The molecule has 0 saturated carbocycles. The van der Waals surface area contributed by atoms with Crippen molar-refractivity contribution < 1.29 is 0 Å². The van der Waals surface area contributed by atoms with Gasteiger partial charge in [0, 0.05) is 23.8 Å². The van der Waals surface area contributed by atoms with Crippen molar-refractivity contribution in [2.45, 2.75) is 20.4 Å². The molecule has 3 aromatic rings. The molecular weight excluding hydrogens is 316 g/mol. The molecule has 0 saturated heterocycles. The molecule has 3 rings (SSSR count). The zero-order valence-corrected chi connectivity index (χ0v) is 14.6. The maximum absolute atomic E-state index is 5.44. The maximum Gasteiger partial charge on any atom is 0.175 e. The Bertz CT molecular complexity index is 840. The minimum atomic E-state index is 0.583. The van der Waals surface area contributed by atoms with Gasteiger partial charge in [-0.1, -0.05) is 24.3 Å². The number of rotatable bonds is 4. The first-order valence-corrected chi connectivity index (χ1v) is 8.23. The van der Waals surface area contributed by atoms with Gasteiger partial charge >= 0.3 is 0 Å². The van der Waals surface area contributed by atoms with Gasteiger partial charge in [0.15, 0.2) is 5.11 Å². The predicted molar refractivity (Wildman–Crippen MR) is 104 cm³/mol. The van der Waals surface area contributed by atoms with E-state index in [1.54, 1.807) is 6.20 Å². The van der Waals surface area contributed by atoms with Crippen LogP contribution in [0.1, 0.15) is 16.7 Å². The van der Waals surface area contributed by atoms with Crippen molar-refractivity contribution in [1.82, 2.24) is 9.78 Å². The van der Waals surface area contributed by atoms with Crippen LogP contribution in [0.3, 0.4) is 0 Å². The van der Waals surface area contributed by atoms with Crippen molar-refractivity contribution in [3.05, 3.63) is 77.6 Å². The third kappa shape index (κ3) is 4.00. The van der Waals surface area contributed by atoms with E-state index in [2.05, 4.69) is 47.8 Å². The van der Waals surface area contributed by atoms with Gasteiger partial charge in [-0.05, 0) is 67.0 Å². The highest BCUT2D eigenvalue weighted by atomic mass is 32.1. The zero-order chi connectivity index (χ0) is 16.9. The predicted octanol–water partition coefficient (Wildman–Crippen LogP) is 4.36. The van der Waals surface area contributed by atoms with Crippen LogP contribution in [0, 0.1) is 13.8 Å². The maximum atomic E-state index is 5.44. The molecule has 0 aliphatic heterocycles. The smallest absolute Gasteiger partial charge is 0.175 e. The lowest BCUT2D eigenvalue weighted by atomic mass is 10.1. The summed E-state index contributed by atoms with van der Waals surface area (Å²) in [5, 5.41) is 11.3. The van der Waals surface area contributed by atoms with E-state index in [0.717, 1.165) is 17.9 Å². The van der Waals surface area contributed by atoms with Crippen LogP contribution in [0.5, 0.6) is 0 Å². The second-order valence-corrected chi connectivity index (χ2v) is 6.14. The molecular formula is C19H20N4S. The quantitative estimate of drug-likeness (QED) is 0.695. The van der Waals surface area contributed by atoms with Crippen molar-refractivity contribution in [3.63, 3.8) is 0 Å². The lowest BCUT2D eigenvalue weighted by Crippen LogP contribution is -2.20. The van der Waals surface area contributed by atoms with Crippen LogP contribution < -0.4 is 10.6 Å². The van der Waals surface area contributed by atoms with Crippen LogP contribution in [0.2, 0.25) is 0 Å². The molecule has 0 atom stereocenters. The molecule has 0 aliphatic rings. The van der Waals surface area contributed by atoms with E-state index in [0.29, 0.717) is 5.11 Å². The summed E-state index contributed by atoms with van der Waals surface area (Å²) < 4.78 is 1.89. The number of hydrogen-bond acceptors (Lipinski definition) is 2. The highest BCUT2D eigenvalue weighted by Crippen LogP contribution is 2.19. The first-order valence-electron chi connectivity index (χ1n) is 7.82. The molecule has 122 valence electrons. The Morgan fingerprint density at radius 2 is 1.92 bits per heavy atom. The molecule has 1 heterocycles. The molecule has 2 N–H and O–H groups in total. The number of anilines is 2. The molecule has 5 heteroatoms. The van der Waals surface area contributed by atoms with Gasteiger partial charge in [0.25, 0.3) is 0 Å². The number of thiocarbonyl (C=S) groups is 1. The average molecular weight is 336 g/mol. The fraction of sp³-hybridized carbons (Fsp3) is 0.158. The van der Waals surface area contributed by atoms with Crippen molar-refractivity contribution in [2.24, 2.45) is 0 Å². The Labute approximate surface area is 147 Å². The van der Waals surface area contributed by atoms with Gasteiger partial charge in [0.1, 0.15) is 0 Å². The van der Waals surface area contributed by atoms with Crippen molar-refractivity contribution >= 4 is 28.7 Å². The highest BCUT2D eigenvalue weighted by Gasteiger charge is 2.04. The first-order chi connectivity index (χ1) is 11.6. The molecule has 24 heavy (non-hydrogen) atoms. The SMILES string of the molecule is Cc1cccc(NC(=S)Nc2cccc(Cn3cccn3)c2)c1C. The fourth-order valence-electron chi connectivity index (χ4n) is 2.50. The molecule has 0 unspecified atom stereocenters. The van der Waals surface area contributed by atoms with Gasteiger partial charge in [0.05, 0.1) is 6.54 Å². The Hall–Kier alpha value is -2.66. The van der Waals surface area contributed by atoms with Gasteiger partial charge in [-0.15, -0.1) is 0 Å². The number of nitrogens with one attached hydrogen (secondary N) is 2. The van der Waals surface area contributed by atoms with Gasteiger partial charge in [-0.3, -0.25) is 4.68 Å². The Kier molecular flexibility index (Phi) is 4.91. The molecule has 1 aromatic heterocycles. The zero-order valence-electron chi connectivity index (χ0n) is 13.8. The summed E-state index contributed by atoms with van der Waals surface area (Å²) in [5.74, 6) is 0. The lowest BCUT2D eigenvalue weighted by molar-refractivity contribution is 0.687. The van der Waals surface area contributed by atoms with Crippen molar-refractivity contribution in [3.8, 4) is 0 Å². The van der Waals surface area contributed by atoms with Gasteiger partial charge < -0.3 is 10.6 Å². The number of hydrogen-bond donors (Lipinski definition) is 2. The van der Waals surface area contributed by atoms with E-state index in [1.165, 1.54) is 16.7 Å². The minimum Gasteiger partial charge on any atom is -0.332 e. The van der Waals surface area contributed by atoms with Gasteiger partial charge in [0.2, 0.25) is 0 Å². The summed E-state index contributed by atoms with van der Waals surface area (Å²) in [4.78, 5) is 0. The standard InChI is InChI=1S/C19H20N4S/c1-14-6-3-9-18(15(14)2)22-19(24)21-17-8-4-7-16(12-17)13-23-11-5-10-20-23/h3-12H,13H2,1-2H3,(H2,21,22,24). The molecule has 0 spiro atoms. The molecule has 2 aromatic carbocycles. The van der Waals surface area contributed by atoms with Crippen LogP contribution in [-0.2, 0) is 6.54 Å². The molecule has 0 radical (unpaired) electrons. The van der Waals surface area contributed by atoms with E-state index < -0.39 is 0 Å². The molecule has 0 aliphatic carbocycles. The lowest BCUT2D eigenvalue weighted by Gasteiger charge is -2.14. The molecule has 4 nitrogen and oxygen atoms in total. The summed E-state index contributed by atoms with van der Waals surface area (Å²) in [6, 6.07) is 16.3. The van der Waals surface area contributed by atoms with E-state index in [-0.39, 0.29) is 0 Å². The van der Waals surface area contributed by atoms with Gasteiger partial charge in [-0.25, -0.2) is 0 Å². The van der Waals surface area contributed by atoms with Crippen LogP contribution >= 0.6 is 12.2 Å². The second kappa shape index (κ2) is 7.27. The molecule has 0 amide bonds. The van der Waals surface area contributed by atoms with Crippen molar-refractivity contribution in [2.75, 3.05) is 10.6 Å². The number of benzene rings is 2. The molecule has 0 fully saturated rings. The van der Waals surface area contributed by atoms with Gasteiger partial charge in [-0.2, -0.15) is 5.10 Å². The monoisotopic (exact) mass is 336 g/mol. The second-order valence-electron chi connectivity index (χ2n) is 5.73. The Balaban J connectivity index is 1.67. The third-order valence-electron chi connectivity index (χ3n) is 3.94. The minimum absolute atomic E-state index is 0.583. The molecule has 0 bridgehead atoms. The van der Waals surface area contributed by atoms with E-state index in [9.17, 15) is 0 Å². The fourth-order valence-corrected chi connectivity index (χ4v) is 2.73. The topological polar surface area (TPSA) is 41.9 Å². The van der Waals surface area contributed by atoms with Crippen LogP contribution in [0.15, 0.2) is 60.9 Å². The number of aryl methyl sites for hydroxylation is 1. The summed E-state index contributed by atoms with van der Waals surface area (Å²) in [7, 11) is 0. The highest BCUT2D eigenvalue weighted by molar-refractivity contribution is 7.80. The summed E-state index contributed by atoms with van der Waals surface area (Å²) >= 11 is 5.44. The largest absolute Gasteiger partial charge is 0.332 e. The summed E-state index contributed by atoms with van der Waals surface area (Å²) in [5.41, 5.74) is 5.60. The third-order valence-corrected chi connectivity index (χ3v) is 4.15. The average Bonchev–Trinajstić information content (AvgIpc) is 3.05. The normalized spacial score (nSPS) is 10.4.